The van der Waals surface area contributed by atoms with E-state index in [1.54, 1.807) is 12.1 Å². The summed E-state index contributed by atoms with van der Waals surface area (Å²) in [5, 5.41) is 9.80. The summed E-state index contributed by atoms with van der Waals surface area (Å²) in [5.41, 5.74) is 0.694. The number of rotatable bonds is 4. The maximum atomic E-state index is 12.5. The first-order valence-corrected chi connectivity index (χ1v) is 7.07. The number of alkyl halides is 2. The lowest BCUT2D eigenvalue weighted by molar-refractivity contribution is -0.141. The number of carbonyl (C=O) groups excluding carboxylic acids is 1. The number of halogens is 2. The molecule has 122 valence electrons. The molecule has 23 heavy (non-hydrogen) atoms. The summed E-state index contributed by atoms with van der Waals surface area (Å²) >= 11 is 0. The van der Waals surface area contributed by atoms with Crippen LogP contribution in [0.4, 0.5) is 8.78 Å². The SMILES string of the molecule is O=C(O)[C@@H]1CCCN1C(=O)c1cc2ccc(OC(F)F)cc2[nH]1. The number of benzene rings is 1. The quantitative estimate of drug-likeness (QED) is 0.905. The van der Waals surface area contributed by atoms with Gasteiger partial charge in [0.15, 0.2) is 0 Å². The number of aromatic nitrogens is 1. The fraction of sp³-hybridized carbons (Fsp3) is 0.333. The molecule has 2 aromatic rings. The number of H-pyrrole nitrogens is 1. The number of nitrogens with one attached hydrogen (secondary N) is 1. The maximum Gasteiger partial charge on any atom is 0.387 e. The van der Waals surface area contributed by atoms with Crippen LogP contribution in [-0.4, -0.2) is 46.1 Å². The molecule has 8 heteroatoms. The minimum absolute atomic E-state index is 0.0158. The Morgan fingerprint density at radius 2 is 2.13 bits per heavy atom. The molecule has 3 rings (SSSR count). The van der Waals surface area contributed by atoms with Crippen LogP contribution in [0.1, 0.15) is 23.3 Å². The highest BCUT2D eigenvalue weighted by atomic mass is 19.3. The number of hydrogen-bond donors (Lipinski definition) is 2. The monoisotopic (exact) mass is 324 g/mol. The highest BCUT2D eigenvalue weighted by Gasteiger charge is 2.34. The van der Waals surface area contributed by atoms with Crippen LogP contribution in [0, 0.1) is 0 Å². The molecule has 1 aromatic carbocycles. The Balaban J connectivity index is 1.88. The van der Waals surface area contributed by atoms with Gasteiger partial charge in [0, 0.05) is 23.5 Å². The number of fused-ring (bicyclic) bond motifs is 1. The Morgan fingerprint density at radius 3 is 2.83 bits per heavy atom. The molecule has 0 aliphatic carbocycles. The highest BCUT2D eigenvalue weighted by molar-refractivity contribution is 6.00. The minimum atomic E-state index is -2.93. The van der Waals surface area contributed by atoms with Crippen molar-refractivity contribution in [3.8, 4) is 5.75 Å². The van der Waals surface area contributed by atoms with Gasteiger partial charge in [-0.15, -0.1) is 0 Å². The molecule has 1 amide bonds. The van der Waals surface area contributed by atoms with Crippen LogP contribution >= 0.6 is 0 Å². The van der Waals surface area contributed by atoms with E-state index < -0.39 is 24.5 Å². The first-order chi connectivity index (χ1) is 11.0. The zero-order valence-electron chi connectivity index (χ0n) is 12.0. The van der Waals surface area contributed by atoms with Gasteiger partial charge >= 0.3 is 12.6 Å². The van der Waals surface area contributed by atoms with E-state index in [1.165, 1.54) is 17.0 Å². The lowest BCUT2D eigenvalue weighted by Gasteiger charge is -2.20. The molecule has 2 N–H and O–H groups in total. The van der Waals surface area contributed by atoms with Crippen LogP contribution < -0.4 is 4.74 Å². The van der Waals surface area contributed by atoms with Crippen LogP contribution in [0.25, 0.3) is 10.9 Å². The molecule has 0 saturated carbocycles. The Morgan fingerprint density at radius 1 is 1.35 bits per heavy atom. The van der Waals surface area contributed by atoms with Crippen molar-refractivity contribution in [2.45, 2.75) is 25.5 Å². The molecule has 0 unspecified atom stereocenters. The normalized spacial score (nSPS) is 17.9. The molecule has 2 heterocycles. The van der Waals surface area contributed by atoms with Crippen LogP contribution in [0.5, 0.6) is 5.75 Å². The molecular formula is C15H14F2N2O4. The van der Waals surface area contributed by atoms with E-state index in [0.29, 0.717) is 30.3 Å². The molecule has 1 aliphatic heterocycles. The van der Waals surface area contributed by atoms with E-state index in [-0.39, 0.29) is 11.4 Å². The maximum absolute atomic E-state index is 12.5. The first kappa shape index (κ1) is 15.3. The molecule has 1 fully saturated rings. The Bertz CT molecular complexity index is 759. The number of likely N-dealkylation sites (tertiary alicyclic amines) is 1. The van der Waals surface area contributed by atoms with E-state index >= 15 is 0 Å². The van der Waals surface area contributed by atoms with Gasteiger partial charge in [0.05, 0.1) is 0 Å². The van der Waals surface area contributed by atoms with E-state index in [4.69, 9.17) is 5.11 Å². The van der Waals surface area contributed by atoms with E-state index in [2.05, 4.69) is 9.72 Å². The number of aromatic amines is 1. The number of ether oxygens (including phenoxy) is 1. The van der Waals surface area contributed by atoms with Gasteiger partial charge in [-0.3, -0.25) is 4.79 Å². The number of carboxylic acid groups (broad SMARTS) is 1. The van der Waals surface area contributed by atoms with E-state index in [1.807, 2.05) is 0 Å². The number of hydrogen-bond acceptors (Lipinski definition) is 3. The summed E-state index contributed by atoms with van der Waals surface area (Å²) in [6.45, 7) is -2.55. The molecule has 1 aliphatic rings. The molecule has 0 radical (unpaired) electrons. The van der Waals surface area contributed by atoms with Crippen molar-refractivity contribution in [1.29, 1.82) is 0 Å². The largest absolute Gasteiger partial charge is 0.480 e. The second-order valence-corrected chi connectivity index (χ2v) is 5.31. The topological polar surface area (TPSA) is 82.6 Å². The molecule has 1 aromatic heterocycles. The van der Waals surface area contributed by atoms with Crippen LogP contribution in [-0.2, 0) is 4.79 Å². The van der Waals surface area contributed by atoms with Gasteiger partial charge in [-0.1, -0.05) is 0 Å². The van der Waals surface area contributed by atoms with Crippen molar-refractivity contribution in [3.63, 3.8) is 0 Å². The van der Waals surface area contributed by atoms with E-state index in [9.17, 15) is 18.4 Å². The standard InChI is InChI=1S/C15H14F2N2O4/c16-15(17)23-9-4-3-8-6-11(18-10(8)7-9)13(20)19-5-1-2-12(19)14(21)22/h3-4,6-7,12,15,18H,1-2,5H2,(H,21,22)/t12-/m0/s1. The second-order valence-electron chi connectivity index (χ2n) is 5.31. The van der Waals surface area contributed by atoms with Crippen molar-refractivity contribution in [2.75, 3.05) is 6.54 Å². The minimum Gasteiger partial charge on any atom is -0.480 e. The summed E-state index contributed by atoms with van der Waals surface area (Å²) < 4.78 is 28.8. The molecule has 1 atom stereocenters. The van der Waals surface area contributed by atoms with Crippen LogP contribution in [0.2, 0.25) is 0 Å². The van der Waals surface area contributed by atoms with Crippen molar-refractivity contribution >= 4 is 22.8 Å². The van der Waals surface area contributed by atoms with Crippen molar-refractivity contribution in [3.05, 3.63) is 30.0 Å². The average molecular weight is 324 g/mol. The van der Waals surface area contributed by atoms with Gasteiger partial charge in [0.25, 0.3) is 5.91 Å². The third-order valence-corrected chi connectivity index (χ3v) is 3.85. The van der Waals surface area contributed by atoms with Gasteiger partial charge in [-0.05, 0) is 31.0 Å². The average Bonchev–Trinajstić information content (AvgIpc) is 3.12. The number of amides is 1. The lowest BCUT2D eigenvalue weighted by atomic mass is 10.2. The Hall–Kier alpha value is -2.64. The number of aliphatic carboxylic acids is 1. The number of carbonyl (C=O) groups is 2. The zero-order valence-corrected chi connectivity index (χ0v) is 12.0. The molecule has 0 bridgehead atoms. The Kier molecular flexibility index (Phi) is 3.89. The van der Waals surface area contributed by atoms with Gasteiger partial charge in [-0.2, -0.15) is 8.78 Å². The number of nitrogens with zero attached hydrogens (tertiary/aromatic N) is 1. The fourth-order valence-corrected chi connectivity index (χ4v) is 2.82. The predicted octanol–water partition coefficient (Wildman–Crippen LogP) is 2.46. The smallest absolute Gasteiger partial charge is 0.387 e. The third-order valence-electron chi connectivity index (χ3n) is 3.85. The van der Waals surface area contributed by atoms with Gasteiger partial charge in [0.2, 0.25) is 0 Å². The molecular weight excluding hydrogens is 310 g/mol. The van der Waals surface area contributed by atoms with Gasteiger partial charge < -0.3 is 19.7 Å². The molecule has 6 nitrogen and oxygen atoms in total. The first-order valence-electron chi connectivity index (χ1n) is 7.07. The van der Waals surface area contributed by atoms with Crippen LogP contribution in [0.3, 0.4) is 0 Å². The fourth-order valence-electron chi connectivity index (χ4n) is 2.82. The van der Waals surface area contributed by atoms with Gasteiger partial charge in [0.1, 0.15) is 17.5 Å². The second kappa shape index (κ2) is 5.86. The predicted molar refractivity (Wildman–Crippen MR) is 76.6 cm³/mol. The summed E-state index contributed by atoms with van der Waals surface area (Å²) in [6.07, 6.45) is 1.06. The summed E-state index contributed by atoms with van der Waals surface area (Å²) in [5.74, 6) is -1.46. The summed E-state index contributed by atoms with van der Waals surface area (Å²) in [6, 6.07) is 5.05. The lowest BCUT2D eigenvalue weighted by Crippen LogP contribution is -2.40. The van der Waals surface area contributed by atoms with E-state index in [0.717, 1.165) is 0 Å². The number of carboxylic acids is 1. The molecule has 0 spiro atoms. The summed E-state index contributed by atoms with van der Waals surface area (Å²) in [7, 11) is 0. The molecule has 1 saturated heterocycles. The van der Waals surface area contributed by atoms with Crippen molar-refractivity contribution in [1.82, 2.24) is 9.88 Å². The third kappa shape index (κ3) is 2.96. The van der Waals surface area contributed by atoms with Crippen molar-refractivity contribution in [2.24, 2.45) is 0 Å². The Labute approximate surface area is 129 Å². The van der Waals surface area contributed by atoms with Gasteiger partial charge in [-0.25, -0.2) is 4.79 Å². The summed E-state index contributed by atoms with van der Waals surface area (Å²) in [4.78, 5) is 27.8. The van der Waals surface area contributed by atoms with Crippen LogP contribution in [0.15, 0.2) is 24.3 Å². The zero-order chi connectivity index (χ0) is 16.6. The highest BCUT2D eigenvalue weighted by Crippen LogP contribution is 2.25. The van der Waals surface area contributed by atoms with Crippen molar-refractivity contribution < 1.29 is 28.2 Å².